The molecule has 0 bridgehead atoms. The van der Waals surface area contributed by atoms with Gasteiger partial charge in [-0.2, -0.15) is 5.10 Å². The predicted octanol–water partition coefficient (Wildman–Crippen LogP) is -1.39. The van der Waals surface area contributed by atoms with Crippen LogP contribution >= 0.6 is 0 Å². The van der Waals surface area contributed by atoms with Gasteiger partial charge in [0.05, 0.1) is 7.11 Å². The molecule has 0 aromatic heterocycles. The number of hydrazine groups is 1. The summed E-state index contributed by atoms with van der Waals surface area (Å²) in [5.41, 5.74) is 1.90. The highest BCUT2D eigenvalue weighted by atomic mass is 16.5. The molecule has 5 heteroatoms. The van der Waals surface area contributed by atoms with E-state index in [1.54, 1.807) is 0 Å². The molecule has 0 fully saturated rings. The Bertz CT molecular complexity index is 101. The maximum Gasteiger partial charge on any atom is 0.350 e. The van der Waals surface area contributed by atoms with Crippen LogP contribution in [0.5, 0.6) is 0 Å². The minimum absolute atomic E-state index is 0.539. The average molecular weight is 117 g/mol. The number of esters is 1. The quantitative estimate of drug-likeness (QED) is 0.202. The fourth-order valence-corrected chi connectivity index (χ4v) is 0.143. The summed E-state index contributed by atoms with van der Waals surface area (Å²) in [6.45, 7) is 0. The lowest BCUT2D eigenvalue weighted by atomic mass is 10.8. The van der Waals surface area contributed by atoms with Crippen molar-refractivity contribution in [3.05, 3.63) is 0 Å². The zero-order valence-electron chi connectivity index (χ0n) is 4.42. The Balaban J connectivity index is 3.37. The normalized spacial score (nSPS) is 9.25. The van der Waals surface area contributed by atoms with Crippen molar-refractivity contribution in [3.63, 3.8) is 0 Å². The Kier molecular flexibility index (Phi) is 3.51. The highest BCUT2D eigenvalue weighted by molar-refractivity contribution is 6.22. The van der Waals surface area contributed by atoms with Crippen LogP contribution in [-0.2, 0) is 9.53 Å². The number of hydrogen-bond donors (Lipinski definition) is 2. The monoisotopic (exact) mass is 117 g/mol. The Morgan fingerprint density at radius 3 is 3.00 bits per heavy atom. The van der Waals surface area contributed by atoms with Crippen molar-refractivity contribution in [1.29, 1.82) is 0 Å². The molecule has 0 atom stereocenters. The third-order valence-corrected chi connectivity index (χ3v) is 0.446. The standard InChI is InChI=1S/C3H7N3O2/c1-8-3(7)2-5-6-4/h2,6H,4H2,1H3. The van der Waals surface area contributed by atoms with Gasteiger partial charge in [-0.25, -0.2) is 16.2 Å². The second-order valence-corrected chi connectivity index (χ2v) is 0.910. The van der Waals surface area contributed by atoms with Crippen molar-refractivity contribution >= 4 is 12.2 Å². The number of hydrazone groups is 1. The number of rotatable bonds is 2. The molecule has 0 spiro atoms. The van der Waals surface area contributed by atoms with Crippen molar-refractivity contribution in [3.8, 4) is 0 Å². The molecule has 0 aromatic carbocycles. The molecule has 0 saturated heterocycles. The summed E-state index contributed by atoms with van der Waals surface area (Å²) in [6.07, 6.45) is 0.931. The van der Waals surface area contributed by atoms with Crippen LogP contribution in [-0.4, -0.2) is 19.3 Å². The smallest absolute Gasteiger partial charge is 0.350 e. The largest absolute Gasteiger partial charge is 0.465 e. The van der Waals surface area contributed by atoms with Gasteiger partial charge < -0.3 is 4.74 Å². The molecule has 0 amide bonds. The fraction of sp³-hybridized carbons (Fsp3) is 0.333. The van der Waals surface area contributed by atoms with Crippen LogP contribution in [0.2, 0.25) is 0 Å². The summed E-state index contributed by atoms with van der Waals surface area (Å²) in [4.78, 5) is 10.1. The third-order valence-electron chi connectivity index (χ3n) is 0.446. The zero-order chi connectivity index (χ0) is 6.41. The van der Waals surface area contributed by atoms with Gasteiger partial charge in [0.15, 0.2) is 0 Å². The lowest BCUT2D eigenvalue weighted by Gasteiger charge is -1.86. The molecule has 3 N–H and O–H groups in total. The SMILES string of the molecule is COC(=O)C=NNN. The highest BCUT2D eigenvalue weighted by Gasteiger charge is 1.87. The minimum Gasteiger partial charge on any atom is -0.465 e. The fourth-order valence-electron chi connectivity index (χ4n) is 0.143. The van der Waals surface area contributed by atoms with Crippen LogP contribution in [0, 0.1) is 0 Å². The Morgan fingerprint density at radius 1 is 2.00 bits per heavy atom. The second kappa shape index (κ2) is 4.07. The van der Waals surface area contributed by atoms with E-state index in [0.717, 1.165) is 6.21 Å². The number of hydrogen-bond acceptors (Lipinski definition) is 5. The topological polar surface area (TPSA) is 76.7 Å². The molecule has 8 heavy (non-hydrogen) atoms. The molecule has 0 radical (unpaired) electrons. The van der Waals surface area contributed by atoms with E-state index in [9.17, 15) is 4.79 Å². The summed E-state index contributed by atoms with van der Waals surface area (Å²) in [5, 5.41) is 3.17. The first-order valence-electron chi connectivity index (χ1n) is 1.88. The number of nitrogens with two attached hydrogens (primary N) is 1. The van der Waals surface area contributed by atoms with Crippen LogP contribution in [0.4, 0.5) is 0 Å². The van der Waals surface area contributed by atoms with E-state index in [4.69, 9.17) is 0 Å². The van der Waals surface area contributed by atoms with E-state index in [2.05, 4.69) is 15.7 Å². The maximum atomic E-state index is 10.1. The molecule has 0 unspecified atom stereocenters. The van der Waals surface area contributed by atoms with Gasteiger partial charge in [-0.1, -0.05) is 0 Å². The first-order valence-corrected chi connectivity index (χ1v) is 1.88. The first-order chi connectivity index (χ1) is 3.81. The number of carbonyl (C=O) groups is 1. The van der Waals surface area contributed by atoms with Crippen LogP contribution in [0.1, 0.15) is 0 Å². The molecule has 0 aliphatic carbocycles. The van der Waals surface area contributed by atoms with Crippen molar-refractivity contribution in [2.24, 2.45) is 10.9 Å². The van der Waals surface area contributed by atoms with Crippen molar-refractivity contribution < 1.29 is 9.53 Å². The third kappa shape index (κ3) is 3.10. The summed E-state index contributed by atoms with van der Waals surface area (Å²) in [5.74, 6) is 4.14. The molecule has 0 heterocycles. The van der Waals surface area contributed by atoms with Crippen LogP contribution in [0.25, 0.3) is 0 Å². The summed E-state index contributed by atoms with van der Waals surface area (Å²) >= 11 is 0. The van der Waals surface area contributed by atoms with Gasteiger partial charge in [0, 0.05) is 0 Å². The molecule has 0 aliphatic heterocycles. The van der Waals surface area contributed by atoms with E-state index in [1.807, 2.05) is 5.53 Å². The zero-order valence-corrected chi connectivity index (χ0v) is 4.42. The van der Waals surface area contributed by atoms with Crippen molar-refractivity contribution in [2.45, 2.75) is 0 Å². The Morgan fingerprint density at radius 2 is 2.62 bits per heavy atom. The van der Waals surface area contributed by atoms with Gasteiger partial charge in [-0.15, -0.1) is 0 Å². The van der Waals surface area contributed by atoms with Gasteiger partial charge in [-0.3, -0.25) is 0 Å². The predicted molar refractivity (Wildman–Crippen MR) is 27.8 cm³/mol. The number of nitrogens with zero attached hydrogens (tertiary/aromatic N) is 1. The van der Waals surface area contributed by atoms with Gasteiger partial charge in [0.25, 0.3) is 0 Å². The van der Waals surface area contributed by atoms with Gasteiger partial charge >= 0.3 is 5.97 Å². The molecule has 0 aliphatic rings. The molecule has 46 valence electrons. The van der Waals surface area contributed by atoms with E-state index in [0.29, 0.717) is 0 Å². The van der Waals surface area contributed by atoms with Gasteiger partial charge in [-0.05, 0) is 0 Å². The van der Waals surface area contributed by atoms with Crippen LogP contribution < -0.4 is 11.4 Å². The minimum atomic E-state index is -0.539. The number of methoxy groups -OCH3 is 1. The van der Waals surface area contributed by atoms with Crippen LogP contribution in [0.15, 0.2) is 5.10 Å². The van der Waals surface area contributed by atoms with Crippen molar-refractivity contribution in [1.82, 2.24) is 5.53 Å². The molecular formula is C3H7N3O2. The van der Waals surface area contributed by atoms with E-state index >= 15 is 0 Å². The Hall–Kier alpha value is -1.10. The number of nitrogens with one attached hydrogen (secondary N) is 1. The Labute approximate surface area is 46.5 Å². The van der Waals surface area contributed by atoms with E-state index < -0.39 is 5.97 Å². The average Bonchev–Trinajstić information content (AvgIpc) is 1.83. The molecular weight excluding hydrogens is 110 g/mol. The van der Waals surface area contributed by atoms with E-state index in [1.165, 1.54) is 7.11 Å². The number of ether oxygens (including phenoxy) is 1. The summed E-state index contributed by atoms with van der Waals surface area (Å²) in [6, 6.07) is 0. The molecule has 5 nitrogen and oxygen atoms in total. The molecule has 0 rings (SSSR count). The lowest BCUT2D eigenvalue weighted by Crippen LogP contribution is -2.16. The molecule has 0 saturated carbocycles. The van der Waals surface area contributed by atoms with E-state index in [-0.39, 0.29) is 0 Å². The van der Waals surface area contributed by atoms with Gasteiger partial charge in [0.1, 0.15) is 6.21 Å². The maximum absolute atomic E-state index is 10.1. The van der Waals surface area contributed by atoms with Crippen molar-refractivity contribution in [2.75, 3.05) is 7.11 Å². The summed E-state index contributed by atoms with van der Waals surface area (Å²) in [7, 11) is 1.25. The van der Waals surface area contributed by atoms with Crippen LogP contribution in [0.3, 0.4) is 0 Å². The highest BCUT2D eigenvalue weighted by Crippen LogP contribution is 1.62. The first kappa shape index (κ1) is 6.90. The van der Waals surface area contributed by atoms with Gasteiger partial charge in [0.2, 0.25) is 0 Å². The summed E-state index contributed by atoms with van der Waals surface area (Å²) < 4.78 is 4.17. The number of carbonyl (C=O) groups excluding carboxylic acids is 1. The second-order valence-electron chi connectivity index (χ2n) is 0.910. The lowest BCUT2D eigenvalue weighted by molar-refractivity contribution is -0.132. The molecule has 0 aromatic rings.